The summed E-state index contributed by atoms with van der Waals surface area (Å²) in [7, 11) is 0. The Kier molecular flexibility index (Phi) is 4.39. The second kappa shape index (κ2) is 6.23. The van der Waals surface area contributed by atoms with E-state index in [-0.39, 0.29) is 0 Å². The van der Waals surface area contributed by atoms with Gasteiger partial charge < -0.3 is 10.4 Å². The highest BCUT2D eigenvalue weighted by atomic mass is 16.3. The molecule has 0 saturated carbocycles. The summed E-state index contributed by atoms with van der Waals surface area (Å²) in [6.07, 6.45) is -0.595. The molecule has 0 fully saturated rings. The van der Waals surface area contributed by atoms with Gasteiger partial charge in [0, 0.05) is 12.2 Å². The molecule has 0 spiro atoms. The van der Waals surface area contributed by atoms with Gasteiger partial charge in [0.05, 0.1) is 17.7 Å². The summed E-state index contributed by atoms with van der Waals surface area (Å²) >= 11 is 0. The highest BCUT2D eigenvalue weighted by molar-refractivity contribution is 5.52. The van der Waals surface area contributed by atoms with Crippen LogP contribution in [0.15, 0.2) is 42.5 Å². The van der Waals surface area contributed by atoms with Crippen molar-refractivity contribution in [3.8, 4) is 6.07 Å². The minimum absolute atomic E-state index is 0.441. The Bertz CT molecular complexity index is 626. The molecule has 1 unspecified atom stereocenters. The minimum Gasteiger partial charge on any atom is -0.387 e. The van der Waals surface area contributed by atoms with E-state index in [1.54, 1.807) is 24.3 Å². The molecule has 3 heteroatoms. The molecular formula is C17H18N2O. The number of anilines is 1. The van der Waals surface area contributed by atoms with Crippen LogP contribution in [0.3, 0.4) is 0 Å². The van der Waals surface area contributed by atoms with Crippen LogP contribution in [0.5, 0.6) is 0 Å². The molecule has 0 amide bonds. The van der Waals surface area contributed by atoms with Gasteiger partial charge in [-0.25, -0.2) is 0 Å². The van der Waals surface area contributed by atoms with E-state index in [0.29, 0.717) is 12.1 Å². The van der Waals surface area contributed by atoms with Crippen LogP contribution in [-0.4, -0.2) is 11.7 Å². The van der Waals surface area contributed by atoms with Crippen molar-refractivity contribution in [3.05, 3.63) is 64.7 Å². The third-order valence-electron chi connectivity index (χ3n) is 3.30. The molecular weight excluding hydrogens is 248 g/mol. The monoisotopic (exact) mass is 266 g/mol. The van der Waals surface area contributed by atoms with Gasteiger partial charge in [0.15, 0.2) is 0 Å². The third-order valence-corrected chi connectivity index (χ3v) is 3.30. The van der Waals surface area contributed by atoms with Gasteiger partial charge in [-0.3, -0.25) is 0 Å². The number of nitrogens with one attached hydrogen (secondary N) is 1. The average Bonchev–Trinajstić information content (AvgIpc) is 2.48. The van der Waals surface area contributed by atoms with Crippen LogP contribution in [0.4, 0.5) is 5.69 Å². The molecule has 0 radical (unpaired) electrons. The fourth-order valence-electron chi connectivity index (χ4n) is 2.03. The number of nitrogens with zero attached hydrogens (tertiary/aromatic N) is 1. The van der Waals surface area contributed by atoms with Crippen LogP contribution in [0.25, 0.3) is 0 Å². The maximum Gasteiger partial charge on any atom is 0.0991 e. The first-order chi connectivity index (χ1) is 9.60. The van der Waals surface area contributed by atoms with Gasteiger partial charge >= 0.3 is 0 Å². The lowest BCUT2D eigenvalue weighted by Crippen LogP contribution is -2.12. The minimum atomic E-state index is -0.595. The van der Waals surface area contributed by atoms with Crippen molar-refractivity contribution in [3.63, 3.8) is 0 Å². The highest BCUT2D eigenvalue weighted by Crippen LogP contribution is 2.19. The number of aliphatic hydroxyl groups is 1. The molecule has 2 aromatic carbocycles. The molecule has 0 aliphatic heterocycles. The number of aliphatic hydroxyl groups excluding tert-OH is 1. The van der Waals surface area contributed by atoms with Gasteiger partial charge in [-0.15, -0.1) is 0 Å². The van der Waals surface area contributed by atoms with E-state index in [4.69, 9.17) is 5.26 Å². The Morgan fingerprint density at radius 3 is 2.50 bits per heavy atom. The predicted molar refractivity (Wildman–Crippen MR) is 80.5 cm³/mol. The SMILES string of the molecule is Cc1ccc(C)c(NCC(O)c2ccc(C#N)cc2)c1. The van der Waals surface area contributed by atoms with E-state index >= 15 is 0 Å². The Morgan fingerprint density at radius 2 is 1.85 bits per heavy atom. The van der Waals surface area contributed by atoms with Crippen LogP contribution >= 0.6 is 0 Å². The first-order valence-electron chi connectivity index (χ1n) is 6.59. The summed E-state index contributed by atoms with van der Waals surface area (Å²) in [5.41, 5.74) is 4.79. The summed E-state index contributed by atoms with van der Waals surface area (Å²) < 4.78 is 0. The molecule has 0 aromatic heterocycles. The highest BCUT2D eigenvalue weighted by Gasteiger charge is 2.08. The summed E-state index contributed by atoms with van der Waals surface area (Å²) in [5, 5.41) is 22.2. The molecule has 1 atom stereocenters. The summed E-state index contributed by atoms with van der Waals surface area (Å²) in [5.74, 6) is 0. The lowest BCUT2D eigenvalue weighted by Gasteiger charge is -2.15. The van der Waals surface area contributed by atoms with Gasteiger partial charge in [-0.1, -0.05) is 24.3 Å². The number of rotatable bonds is 4. The summed E-state index contributed by atoms with van der Waals surface area (Å²) in [6.45, 7) is 4.52. The molecule has 102 valence electrons. The largest absolute Gasteiger partial charge is 0.387 e. The van der Waals surface area contributed by atoms with E-state index in [2.05, 4.69) is 29.6 Å². The zero-order chi connectivity index (χ0) is 14.5. The number of hydrogen-bond donors (Lipinski definition) is 2. The Balaban J connectivity index is 2.02. The molecule has 20 heavy (non-hydrogen) atoms. The molecule has 0 aliphatic rings. The normalized spacial score (nSPS) is 11.7. The second-order valence-electron chi connectivity index (χ2n) is 4.95. The number of hydrogen-bond acceptors (Lipinski definition) is 3. The van der Waals surface area contributed by atoms with Crippen LogP contribution in [0.2, 0.25) is 0 Å². The smallest absolute Gasteiger partial charge is 0.0991 e. The summed E-state index contributed by atoms with van der Waals surface area (Å²) in [4.78, 5) is 0. The van der Waals surface area contributed by atoms with E-state index < -0.39 is 6.10 Å². The van der Waals surface area contributed by atoms with Gasteiger partial charge in [0.25, 0.3) is 0 Å². The number of benzene rings is 2. The Hall–Kier alpha value is -2.31. The lowest BCUT2D eigenvalue weighted by atomic mass is 10.1. The first kappa shape index (κ1) is 14.1. The van der Waals surface area contributed by atoms with Crippen LogP contribution in [0, 0.1) is 25.2 Å². The number of aryl methyl sites for hydroxylation is 2. The van der Waals surface area contributed by atoms with Crippen LogP contribution in [0.1, 0.15) is 28.4 Å². The van der Waals surface area contributed by atoms with Crippen LogP contribution < -0.4 is 5.32 Å². The molecule has 2 N–H and O–H groups in total. The molecule has 3 nitrogen and oxygen atoms in total. The Labute approximate surface area is 119 Å². The van der Waals surface area contributed by atoms with Crippen molar-refractivity contribution in [1.29, 1.82) is 5.26 Å². The van der Waals surface area contributed by atoms with Crippen molar-refractivity contribution in [2.75, 3.05) is 11.9 Å². The first-order valence-corrected chi connectivity index (χ1v) is 6.59. The topological polar surface area (TPSA) is 56.0 Å². The maximum atomic E-state index is 10.2. The lowest BCUT2D eigenvalue weighted by molar-refractivity contribution is 0.191. The van der Waals surface area contributed by atoms with Crippen molar-refractivity contribution >= 4 is 5.69 Å². The summed E-state index contributed by atoms with van der Waals surface area (Å²) in [6, 6.07) is 15.3. The molecule has 0 bridgehead atoms. The molecule has 2 aromatic rings. The molecule has 0 aliphatic carbocycles. The quantitative estimate of drug-likeness (QED) is 0.892. The van der Waals surface area contributed by atoms with Gasteiger partial charge in [0.1, 0.15) is 0 Å². The van der Waals surface area contributed by atoms with E-state index in [0.717, 1.165) is 16.8 Å². The fraction of sp³-hybridized carbons (Fsp3) is 0.235. The predicted octanol–water partition coefficient (Wildman–Crippen LogP) is 3.32. The molecule has 0 saturated heterocycles. The number of nitriles is 1. The van der Waals surface area contributed by atoms with Crippen molar-refractivity contribution in [1.82, 2.24) is 0 Å². The molecule has 0 heterocycles. The van der Waals surface area contributed by atoms with Gasteiger partial charge in [-0.05, 0) is 48.7 Å². The van der Waals surface area contributed by atoms with Gasteiger partial charge in [0.2, 0.25) is 0 Å². The Morgan fingerprint density at radius 1 is 1.15 bits per heavy atom. The third kappa shape index (κ3) is 3.37. The zero-order valence-corrected chi connectivity index (χ0v) is 11.7. The van der Waals surface area contributed by atoms with Gasteiger partial charge in [-0.2, -0.15) is 5.26 Å². The van der Waals surface area contributed by atoms with Crippen molar-refractivity contribution in [2.24, 2.45) is 0 Å². The standard InChI is InChI=1S/C17H18N2O/c1-12-3-4-13(2)16(9-12)19-11-17(20)15-7-5-14(10-18)6-8-15/h3-9,17,19-20H,11H2,1-2H3. The van der Waals surface area contributed by atoms with E-state index in [1.807, 2.05) is 13.8 Å². The molecule has 2 rings (SSSR count). The average molecular weight is 266 g/mol. The van der Waals surface area contributed by atoms with Crippen LogP contribution in [-0.2, 0) is 0 Å². The maximum absolute atomic E-state index is 10.2. The second-order valence-corrected chi connectivity index (χ2v) is 4.95. The van der Waals surface area contributed by atoms with E-state index in [1.165, 1.54) is 5.56 Å². The van der Waals surface area contributed by atoms with E-state index in [9.17, 15) is 5.11 Å². The van der Waals surface area contributed by atoms with Crippen molar-refractivity contribution < 1.29 is 5.11 Å². The zero-order valence-electron chi connectivity index (χ0n) is 11.7. The fourth-order valence-corrected chi connectivity index (χ4v) is 2.03. The van der Waals surface area contributed by atoms with Crippen molar-refractivity contribution in [2.45, 2.75) is 20.0 Å².